The number of phenols is 1. The Morgan fingerprint density at radius 2 is 1.75 bits per heavy atom. The second-order valence-electron chi connectivity index (χ2n) is 23.0. The number of hydrogen-bond donors (Lipinski definition) is 9. The number of phenolic OH excluding ortho intramolecular Hbond substituents is 1. The summed E-state index contributed by atoms with van der Waals surface area (Å²) >= 11 is 0. The van der Waals surface area contributed by atoms with Crippen LogP contribution in [-0.2, 0) is 44.7 Å². The van der Waals surface area contributed by atoms with Gasteiger partial charge in [0.1, 0.15) is 35.8 Å². The van der Waals surface area contributed by atoms with Crippen LogP contribution >= 0.6 is 0 Å². The van der Waals surface area contributed by atoms with E-state index in [1.54, 1.807) is 52.0 Å². The van der Waals surface area contributed by atoms with Crippen molar-refractivity contribution in [3.8, 4) is 5.75 Å². The molecule has 77 heavy (non-hydrogen) atoms. The van der Waals surface area contributed by atoms with Gasteiger partial charge in [-0.1, -0.05) is 90.1 Å². The second kappa shape index (κ2) is 27.6. The SMILES string of the molecule is CC[C@H]1C[C@@H]2CC3=C[C@@H](C)[C@H](C[C@H](O)[C@@H](C)CC/C=C/C=C(\C)[C@@H]4CC(O)C/C=C/[C@H](O)[C@H](C)[C@@H](O)[C@@H](CCC(C)=O)C(=O)N[C@@H](C(C)C)C(=O)N[C@@H](Cc5cccc(O)c5)C(=O)N5CCCC(N5)C(=O)O4)O[C@@]32NC1=O. The van der Waals surface area contributed by atoms with Crippen LogP contribution in [0.4, 0.5) is 0 Å². The number of rotatable bonds is 15. The number of cyclic esters (lactones) is 1. The highest BCUT2D eigenvalue weighted by Crippen LogP contribution is 2.54. The minimum atomic E-state index is -1.47. The summed E-state index contributed by atoms with van der Waals surface area (Å²) in [6.45, 7) is 14.4. The molecule has 9 N–H and O–H groups in total. The predicted molar refractivity (Wildman–Crippen MR) is 289 cm³/mol. The number of Topliss-reactive ketones (excluding diaryl/α,β-unsaturated/α-hetero) is 1. The maximum Gasteiger partial charge on any atom is 0.325 e. The molecule has 0 radical (unpaired) electrons. The van der Waals surface area contributed by atoms with E-state index < -0.39 is 95.8 Å². The molecule has 4 heterocycles. The van der Waals surface area contributed by atoms with Crippen LogP contribution in [0.2, 0.25) is 0 Å². The van der Waals surface area contributed by atoms with Gasteiger partial charge in [0.25, 0.3) is 5.91 Å². The maximum atomic E-state index is 14.5. The highest BCUT2D eigenvalue weighted by atomic mass is 16.5. The Labute approximate surface area is 454 Å². The average molecular weight is 1070 g/mol. The van der Waals surface area contributed by atoms with Crippen LogP contribution in [0, 0.1) is 41.4 Å². The zero-order valence-electron chi connectivity index (χ0n) is 46.4. The summed E-state index contributed by atoms with van der Waals surface area (Å²) in [4.78, 5) is 82.1. The number of amides is 4. The lowest BCUT2D eigenvalue weighted by Gasteiger charge is -2.59. The fourth-order valence-corrected chi connectivity index (χ4v) is 11.4. The molecule has 2 unspecified atom stereocenters. The summed E-state index contributed by atoms with van der Waals surface area (Å²) in [6.07, 6.45) is 9.90. The normalized spacial score (nSPS) is 34.4. The standard InChI is InChI=1S/C59H87N5O13/c1-9-40-29-42-30-41-26-36(6)51(77-59(41,42)62-54(40)71)32-49(69)34(4)16-11-10-12-17-35(5)50-31-44(67)20-14-22-48(68)38(8)53(70)45(24-23-37(7)65)55(72)61-52(33(2)3)56(73)60-47(28-39-18-13-19-43(66)27-39)57(74)64-25-15-21-46(63-64)58(75)76-50/h10,12-14,17-19,22,26-27,33-34,36,38,40,42,44-53,63,66-70H,9,11,15-16,20-21,23-25,28-32H2,1-8H3,(H,60,73)(H,61,72)(H,62,71)/b12-10+,22-14+,35-17+/t34-,36+,38-,40-,42+,44?,45+,46?,47-,48-,49-,50-,51-,52-,53+,59-/m0/s1. The van der Waals surface area contributed by atoms with Crippen molar-refractivity contribution in [1.82, 2.24) is 26.4 Å². The largest absolute Gasteiger partial charge is 0.508 e. The first-order valence-corrected chi connectivity index (χ1v) is 28.1. The van der Waals surface area contributed by atoms with Gasteiger partial charge in [-0.05, 0) is 112 Å². The van der Waals surface area contributed by atoms with Gasteiger partial charge < -0.3 is 55.8 Å². The number of ether oxygens (including phenoxy) is 2. The summed E-state index contributed by atoms with van der Waals surface area (Å²) in [6, 6.07) is 2.79. The molecule has 1 aliphatic carbocycles. The number of ketones is 1. The van der Waals surface area contributed by atoms with Gasteiger partial charge >= 0.3 is 5.97 Å². The molecule has 0 aromatic heterocycles. The number of piperidine rings is 1. The highest BCUT2D eigenvalue weighted by Gasteiger charge is 2.60. The molecule has 18 heteroatoms. The van der Waals surface area contributed by atoms with Crippen molar-refractivity contribution >= 4 is 35.4 Å². The molecule has 4 amide bonds. The molecule has 1 spiro atoms. The van der Waals surface area contributed by atoms with E-state index in [2.05, 4.69) is 34.4 Å². The number of carbonyl (C=O) groups is 6. The Hall–Kier alpha value is -5.24. The van der Waals surface area contributed by atoms with Crippen molar-refractivity contribution in [2.75, 3.05) is 6.54 Å². The van der Waals surface area contributed by atoms with Gasteiger partial charge in [-0.2, -0.15) is 0 Å². The number of fused-ring (bicyclic) bond motifs is 2. The van der Waals surface area contributed by atoms with Gasteiger partial charge in [0.2, 0.25) is 17.7 Å². The highest BCUT2D eigenvalue weighted by molar-refractivity contribution is 5.93. The maximum absolute atomic E-state index is 14.5. The number of aliphatic hydroxyl groups excluding tert-OH is 4. The number of hydrazine groups is 1. The Morgan fingerprint density at radius 3 is 2.45 bits per heavy atom. The quantitative estimate of drug-likeness (QED) is 0.0642. The van der Waals surface area contributed by atoms with Crippen molar-refractivity contribution in [3.05, 3.63) is 77.4 Å². The van der Waals surface area contributed by atoms with E-state index >= 15 is 0 Å². The molecule has 6 rings (SSSR count). The van der Waals surface area contributed by atoms with Crippen LogP contribution in [0.15, 0.2) is 71.9 Å². The monoisotopic (exact) mass is 1070 g/mol. The van der Waals surface area contributed by atoms with Gasteiger partial charge in [0, 0.05) is 55.9 Å². The molecule has 18 nitrogen and oxygen atoms in total. The Kier molecular flexibility index (Phi) is 21.8. The summed E-state index contributed by atoms with van der Waals surface area (Å²) in [7, 11) is 0. The smallest absolute Gasteiger partial charge is 0.325 e. The van der Waals surface area contributed by atoms with Crippen molar-refractivity contribution in [3.63, 3.8) is 0 Å². The first-order valence-electron chi connectivity index (χ1n) is 28.1. The summed E-state index contributed by atoms with van der Waals surface area (Å²) in [5.41, 5.74) is 4.54. The number of hydrogen-bond acceptors (Lipinski definition) is 14. The number of esters is 1. The van der Waals surface area contributed by atoms with Crippen LogP contribution in [0.25, 0.3) is 0 Å². The van der Waals surface area contributed by atoms with E-state index in [9.17, 15) is 54.3 Å². The third kappa shape index (κ3) is 15.7. The Bertz CT molecular complexity index is 2370. The summed E-state index contributed by atoms with van der Waals surface area (Å²) < 4.78 is 12.8. The van der Waals surface area contributed by atoms with Gasteiger partial charge in [-0.25, -0.2) is 5.43 Å². The van der Waals surface area contributed by atoms with E-state index in [0.29, 0.717) is 43.2 Å². The topological polar surface area (TPSA) is 273 Å². The van der Waals surface area contributed by atoms with Crippen molar-refractivity contribution < 1.29 is 63.8 Å². The third-order valence-corrected chi connectivity index (χ3v) is 16.6. The Morgan fingerprint density at radius 1 is 1.00 bits per heavy atom. The van der Waals surface area contributed by atoms with Crippen LogP contribution in [-0.4, -0.2) is 133 Å². The van der Waals surface area contributed by atoms with Crippen LogP contribution in [0.5, 0.6) is 5.75 Å². The van der Waals surface area contributed by atoms with Crippen LogP contribution in [0.3, 0.4) is 0 Å². The van der Waals surface area contributed by atoms with E-state index in [1.807, 2.05) is 26.0 Å². The zero-order valence-corrected chi connectivity index (χ0v) is 46.4. The van der Waals surface area contributed by atoms with E-state index in [1.165, 1.54) is 30.1 Å². The first-order chi connectivity index (χ1) is 36.5. The molecule has 1 saturated carbocycles. The van der Waals surface area contributed by atoms with Crippen LogP contribution < -0.4 is 21.4 Å². The van der Waals surface area contributed by atoms with Crippen molar-refractivity contribution in [2.24, 2.45) is 41.4 Å². The third-order valence-electron chi connectivity index (χ3n) is 16.6. The molecular weight excluding hydrogens is 987 g/mol. The molecule has 1 aromatic rings. The molecule has 2 saturated heterocycles. The number of aliphatic hydroxyl groups is 4. The number of benzene rings is 1. The Balaban J connectivity index is 1.18. The fraction of sp³-hybridized carbons (Fsp3) is 0.661. The number of nitrogens with zero attached hydrogens (tertiary/aromatic N) is 1. The van der Waals surface area contributed by atoms with Crippen LogP contribution in [0.1, 0.15) is 138 Å². The van der Waals surface area contributed by atoms with Gasteiger partial charge in [0.05, 0.1) is 36.4 Å². The minimum Gasteiger partial charge on any atom is -0.508 e. The average Bonchev–Trinajstić information content (AvgIpc) is 3.45. The lowest BCUT2D eigenvalue weighted by Crippen LogP contribution is -2.70. The molecular formula is C59H87N5O13. The molecule has 3 fully saturated rings. The van der Waals surface area contributed by atoms with E-state index in [-0.39, 0.29) is 85.9 Å². The van der Waals surface area contributed by atoms with E-state index in [0.717, 1.165) is 24.8 Å². The van der Waals surface area contributed by atoms with Gasteiger partial charge in [-0.3, -0.25) is 29.0 Å². The summed E-state index contributed by atoms with van der Waals surface area (Å²) in [5.74, 6) is -5.34. The molecule has 2 bridgehead atoms. The summed E-state index contributed by atoms with van der Waals surface area (Å²) in [5, 5.41) is 66.0. The fourth-order valence-electron chi connectivity index (χ4n) is 11.4. The molecule has 426 valence electrons. The lowest BCUT2D eigenvalue weighted by molar-refractivity contribution is -0.205. The van der Waals surface area contributed by atoms with Gasteiger partial charge in [-0.15, -0.1) is 0 Å². The number of allylic oxidation sites excluding steroid dienone is 3. The molecule has 5 aliphatic rings. The van der Waals surface area contributed by atoms with Crippen molar-refractivity contribution in [1.29, 1.82) is 0 Å². The molecule has 4 aliphatic heterocycles. The number of carbonyl (C=O) groups excluding carboxylic acids is 6. The molecule has 16 atom stereocenters. The zero-order chi connectivity index (χ0) is 56.3. The predicted octanol–water partition coefficient (Wildman–Crippen LogP) is 4.92. The second-order valence-corrected chi connectivity index (χ2v) is 23.0. The molecule has 1 aromatic carbocycles. The number of aromatic hydroxyl groups is 1. The minimum absolute atomic E-state index is 0.00529. The van der Waals surface area contributed by atoms with E-state index in [4.69, 9.17) is 9.47 Å². The van der Waals surface area contributed by atoms with Crippen molar-refractivity contribution in [2.45, 2.75) is 199 Å². The number of nitrogens with one attached hydrogen (secondary N) is 4. The first kappa shape index (κ1) is 61.0. The van der Waals surface area contributed by atoms with Gasteiger partial charge in [0.15, 0.2) is 5.72 Å². The lowest BCUT2D eigenvalue weighted by atomic mass is 9.62.